The van der Waals surface area contributed by atoms with Crippen molar-refractivity contribution >= 4 is 37.5 Å². The van der Waals surface area contributed by atoms with Gasteiger partial charge in [-0.05, 0) is 51.1 Å². The molecular formula is C11H11Br2NO4. The zero-order chi connectivity index (χ0) is 13.3. The predicted molar refractivity (Wildman–Crippen MR) is 72.8 cm³/mol. The van der Waals surface area contributed by atoms with E-state index in [4.69, 9.17) is 4.74 Å². The Kier molecular flexibility index (Phi) is 4.24. The van der Waals surface area contributed by atoms with E-state index in [1.54, 1.807) is 0 Å². The zero-order valence-corrected chi connectivity index (χ0v) is 12.5. The number of aliphatic hydroxyl groups is 1. The Hall–Kier alpha value is -0.660. The van der Waals surface area contributed by atoms with Gasteiger partial charge >= 0.3 is 0 Å². The summed E-state index contributed by atoms with van der Waals surface area (Å²) < 4.78 is 6.72. The van der Waals surface area contributed by atoms with Crippen LogP contribution in [0.1, 0.15) is 19.3 Å². The molecule has 18 heavy (non-hydrogen) atoms. The first-order chi connectivity index (χ1) is 8.49. The Bertz CT molecular complexity index is 457. The largest absolute Gasteiger partial charge is 0.485 e. The standard InChI is InChI=1S/C11H11Br2NO4/c12-7-4-6(14(16)17)5-8(13)11(7)18-10-3-1-2-9(10)15/h4-5,9-10,15H,1-3H2/t9-,10-/m0/s1. The molecule has 1 aromatic carbocycles. The van der Waals surface area contributed by atoms with Crippen LogP contribution in [0.5, 0.6) is 5.75 Å². The minimum atomic E-state index is -0.473. The second-order valence-corrected chi connectivity index (χ2v) is 5.86. The first-order valence-electron chi connectivity index (χ1n) is 5.47. The minimum absolute atomic E-state index is 0.0203. The monoisotopic (exact) mass is 379 g/mol. The van der Waals surface area contributed by atoms with Gasteiger partial charge in [-0.25, -0.2) is 0 Å². The molecule has 0 heterocycles. The lowest BCUT2D eigenvalue weighted by Gasteiger charge is -2.19. The van der Waals surface area contributed by atoms with Crippen molar-refractivity contribution in [3.05, 3.63) is 31.2 Å². The number of hydrogen-bond acceptors (Lipinski definition) is 4. The Morgan fingerprint density at radius 3 is 2.39 bits per heavy atom. The van der Waals surface area contributed by atoms with Crippen molar-refractivity contribution in [2.24, 2.45) is 0 Å². The van der Waals surface area contributed by atoms with Crippen LogP contribution in [0.4, 0.5) is 5.69 Å². The predicted octanol–water partition coefficient (Wildman–Crippen LogP) is 3.41. The van der Waals surface area contributed by atoms with E-state index in [0.29, 0.717) is 14.7 Å². The Morgan fingerprint density at radius 2 is 1.94 bits per heavy atom. The summed E-state index contributed by atoms with van der Waals surface area (Å²) in [5, 5.41) is 20.4. The molecule has 0 aliphatic heterocycles. The van der Waals surface area contributed by atoms with Crippen molar-refractivity contribution in [2.45, 2.75) is 31.5 Å². The first kappa shape index (κ1) is 13.8. The summed E-state index contributed by atoms with van der Waals surface area (Å²) in [6.45, 7) is 0. The topological polar surface area (TPSA) is 72.6 Å². The van der Waals surface area contributed by atoms with Gasteiger partial charge in [-0.3, -0.25) is 10.1 Å². The average molecular weight is 381 g/mol. The van der Waals surface area contributed by atoms with Crippen LogP contribution in [0.25, 0.3) is 0 Å². The summed E-state index contributed by atoms with van der Waals surface area (Å²) in [6, 6.07) is 2.78. The highest BCUT2D eigenvalue weighted by Crippen LogP contribution is 2.39. The van der Waals surface area contributed by atoms with Gasteiger partial charge in [0.05, 0.1) is 20.0 Å². The molecule has 0 radical (unpaired) electrons. The molecule has 1 N–H and O–H groups in total. The van der Waals surface area contributed by atoms with E-state index in [-0.39, 0.29) is 11.8 Å². The number of halogens is 2. The highest BCUT2D eigenvalue weighted by Gasteiger charge is 2.28. The van der Waals surface area contributed by atoms with Crippen LogP contribution >= 0.6 is 31.9 Å². The summed E-state index contributed by atoms with van der Waals surface area (Å²) in [4.78, 5) is 10.2. The molecule has 0 amide bonds. The van der Waals surface area contributed by atoms with Crippen LogP contribution in [-0.4, -0.2) is 22.2 Å². The maximum absolute atomic E-state index is 10.7. The lowest BCUT2D eigenvalue weighted by atomic mass is 10.2. The number of benzene rings is 1. The molecule has 2 atom stereocenters. The fourth-order valence-corrected chi connectivity index (χ4v) is 3.31. The summed E-state index contributed by atoms with van der Waals surface area (Å²) in [5.74, 6) is 0.492. The van der Waals surface area contributed by atoms with Gasteiger partial charge in [-0.1, -0.05) is 0 Å². The van der Waals surface area contributed by atoms with Gasteiger partial charge in [-0.2, -0.15) is 0 Å². The van der Waals surface area contributed by atoms with E-state index in [9.17, 15) is 15.2 Å². The normalized spacial score (nSPS) is 23.1. The van der Waals surface area contributed by atoms with Crippen molar-refractivity contribution < 1.29 is 14.8 Å². The SMILES string of the molecule is O=[N+]([O-])c1cc(Br)c(O[C@H]2CCC[C@@H]2O)c(Br)c1. The van der Waals surface area contributed by atoms with E-state index in [1.807, 2.05) is 0 Å². The fourth-order valence-electron chi connectivity index (χ4n) is 1.96. The van der Waals surface area contributed by atoms with Gasteiger partial charge in [0.1, 0.15) is 11.9 Å². The van der Waals surface area contributed by atoms with Crippen LogP contribution in [0.2, 0.25) is 0 Å². The smallest absolute Gasteiger partial charge is 0.271 e. The highest BCUT2D eigenvalue weighted by molar-refractivity contribution is 9.11. The summed E-state index contributed by atoms with van der Waals surface area (Å²) >= 11 is 6.50. The number of nitrogens with zero attached hydrogens (tertiary/aromatic N) is 1. The van der Waals surface area contributed by atoms with E-state index >= 15 is 0 Å². The van der Waals surface area contributed by atoms with Gasteiger partial charge in [0.2, 0.25) is 0 Å². The van der Waals surface area contributed by atoms with E-state index in [2.05, 4.69) is 31.9 Å². The maximum atomic E-state index is 10.7. The van der Waals surface area contributed by atoms with Crippen LogP contribution in [0.15, 0.2) is 21.1 Å². The number of aliphatic hydroxyl groups excluding tert-OH is 1. The second kappa shape index (κ2) is 5.54. The zero-order valence-electron chi connectivity index (χ0n) is 9.31. The molecule has 0 bridgehead atoms. The first-order valence-corrected chi connectivity index (χ1v) is 7.06. The van der Waals surface area contributed by atoms with Gasteiger partial charge in [-0.15, -0.1) is 0 Å². The van der Waals surface area contributed by atoms with Crippen molar-refractivity contribution in [1.29, 1.82) is 0 Å². The number of ether oxygens (including phenoxy) is 1. The quantitative estimate of drug-likeness (QED) is 0.644. The lowest BCUT2D eigenvalue weighted by molar-refractivity contribution is -0.385. The van der Waals surface area contributed by atoms with Gasteiger partial charge < -0.3 is 9.84 Å². The van der Waals surface area contributed by atoms with Crippen LogP contribution in [0.3, 0.4) is 0 Å². The van der Waals surface area contributed by atoms with Crippen LogP contribution < -0.4 is 4.74 Å². The third kappa shape index (κ3) is 2.84. The highest BCUT2D eigenvalue weighted by atomic mass is 79.9. The molecule has 1 saturated carbocycles. The number of rotatable bonds is 3. The molecule has 5 nitrogen and oxygen atoms in total. The van der Waals surface area contributed by atoms with E-state index in [0.717, 1.165) is 19.3 Å². The molecule has 1 aromatic rings. The molecule has 1 aliphatic carbocycles. The Balaban J connectivity index is 2.25. The van der Waals surface area contributed by atoms with Crippen LogP contribution in [0, 0.1) is 10.1 Å². The number of nitro groups is 1. The molecule has 7 heteroatoms. The number of nitro benzene ring substituents is 1. The molecule has 1 aliphatic rings. The summed E-state index contributed by atoms with van der Waals surface area (Å²) in [7, 11) is 0. The van der Waals surface area contributed by atoms with Crippen molar-refractivity contribution in [3.8, 4) is 5.75 Å². The number of non-ortho nitro benzene ring substituents is 1. The van der Waals surface area contributed by atoms with Crippen molar-refractivity contribution in [2.75, 3.05) is 0 Å². The minimum Gasteiger partial charge on any atom is -0.485 e. The lowest BCUT2D eigenvalue weighted by Crippen LogP contribution is -2.25. The van der Waals surface area contributed by atoms with Gasteiger partial charge in [0, 0.05) is 12.1 Å². The van der Waals surface area contributed by atoms with Gasteiger partial charge in [0.25, 0.3) is 5.69 Å². The second-order valence-electron chi connectivity index (χ2n) is 4.15. The third-order valence-electron chi connectivity index (χ3n) is 2.88. The average Bonchev–Trinajstić information content (AvgIpc) is 2.69. The molecule has 0 saturated heterocycles. The maximum Gasteiger partial charge on any atom is 0.271 e. The summed E-state index contributed by atoms with van der Waals surface area (Å²) in [5.41, 5.74) is -0.0203. The van der Waals surface area contributed by atoms with E-state index in [1.165, 1.54) is 12.1 Å². The molecule has 0 aromatic heterocycles. The molecule has 0 unspecified atom stereocenters. The Labute approximate surface area is 121 Å². The Morgan fingerprint density at radius 1 is 1.33 bits per heavy atom. The molecule has 1 fully saturated rings. The van der Waals surface area contributed by atoms with Crippen molar-refractivity contribution in [3.63, 3.8) is 0 Å². The van der Waals surface area contributed by atoms with E-state index < -0.39 is 11.0 Å². The van der Waals surface area contributed by atoms with Gasteiger partial charge in [0.15, 0.2) is 0 Å². The molecule has 0 spiro atoms. The van der Waals surface area contributed by atoms with Crippen molar-refractivity contribution in [1.82, 2.24) is 0 Å². The number of hydrogen-bond donors (Lipinski definition) is 1. The molecular weight excluding hydrogens is 370 g/mol. The fraction of sp³-hybridized carbons (Fsp3) is 0.455. The summed E-state index contributed by atoms with van der Waals surface area (Å²) in [6.07, 6.45) is 1.72. The molecule has 2 rings (SSSR count). The van der Waals surface area contributed by atoms with Crippen LogP contribution in [-0.2, 0) is 0 Å². The third-order valence-corrected chi connectivity index (χ3v) is 4.06. The molecule has 98 valence electrons.